The molecule has 6 nitrogen and oxygen atoms in total. The molecule has 0 aliphatic heterocycles. The van der Waals surface area contributed by atoms with E-state index in [9.17, 15) is 9.59 Å². The van der Waals surface area contributed by atoms with E-state index in [4.69, 9.17) is 10.2 Å². The fraction of sp³-hybridized carbons (Fsp3) is 0.800. The van der Waals surface area contributed by atoms with Crippen molar-refractivity contribution in [3.05, 3.63) is 0 Å². The molecule has 6 heteroatoms. The van der Waals surface area contributed by atoms with Crippen molar-refractivity contribution >= 4 is 12.0 Å². The molecule has 2 amide bonds. The number of hydrogen-bond acceptors (Lipinski definition) is 3. The van der Waals surface area contributed by atoms with Gasteiger partial charge in [0.2, 0.25) is 0 Å². The van der Waals surface area contributed by atoms with Crippen LogP contribution in [0.1, 0.15) is 20.3 Å². The number of carboxylic acids is 1. The number of carboxylic acid groups (broad SMARTS) is 1. The van der Waals surface area contributed by atoms with Gasteiger partial charge in [-0.2, -0.15) is 0 Å². The first-order valence-electron chi connectivity index (χ1n) is 5.10. The van der Waals surface area contributed by atoms with Crippen molar-refractivity contribution in [1.29, 1.82) is 0 Å². The van der Waals surface area contributed by atoms with Gasteiger partial charge in [0.1, 0.15) is 0 Å². The van der Waals surface area contributed by atoms with Gasteiger partial charge in [-0.3, -0.25) is 4.79 Å². The van der Waals surface area contributed by atoms with Crippen molar-refractivity contribution in [2.45, 2.75) is 20.3 Å². The summed E-state index contributed by atoms with van der Waals surface area (Å²) in [6, 6.07) is -0.312. The molecule has 0 saturated carbocycles. The summed E-state index contributed by atoms with van der Waals surface area (Å²) in [6.07, 6.45) is -0.00298. The normalized spacial score (nSPS) is 11.0. The zero-order valence-corrected chi connectivity index (χ0v) is 9.99. The van der Waals surface area contributed by atoms with E-state index in [1.165, 1.54) is 4.90 Å². The molecule has 0 aromatic carbocycles. The Kier molecular flexibility index (Phi) is 5.81. The van der Waals surface area contributed by atoms with Crippen molar-refractivity contribution in [2.75, 3.05) is 26.7 Å². The van der Waals surface area contributed by atoms with Gasteiger partial charge in [0, 0.05) is 20.1 Å². The van der Waals surface area contributed by atoms with Crippen LogP contribution in [0.4, 0.5) is 4.79 Å². The Labute approximate surface area is 95.2 Å². The lowest BCUT2D eigenvalue weighted by Gasteiger charge is -2.25. The van der Waals surface area contributed by atoms with Crippen LogP contribution >= 0.6 is 0 Å². The summed E-state index contributed by atoms with van der Waals surface area (Å²) in [5.41, 5.74) is -0.485. The summed E-state index contributed by atoms with van der Waals surface area (Å²) < 4.78 is 0. The van der Waals surface area contributed by atoms with Crippen LogP contribution in [0.2, 0.25) is 0 Å². The Morgan fingerprint density at radius 1 is 1.38 bits per heavy atom. The van der Waals surface area contributed by atoms with Gasteiger partial charge < -0.3 is 20.4 Å². The van der Waals surface area contributed by atoms with Gasteiger partial charge >= 0.3 is 12.0 Å². The third kappa shape index (κ3) is 6.23. The highest BCUT2D eigenvalue weighted by Crippen LogP contribution is 2.18. The van der Waals surface area contributed by atoms with E-state index in [1.807, 2.05) is 0 Å². The molecule has 0 spiro atoms. The first-order chi connectivity index (χ1) is 7.28. The first kappa shape index (κ1) is 14.7. The highest BCUT2D eigenvalue weighted by molar-refractivity contribution is 5.74. The summed E-state index contributed by atoms with van der Waals surface area (Å²) in [7, 11) is 1.57. The van der Waals surface area contributed by atoms with E-state index >= 15 is 0 Å². The molecule has 0 atom stereocenters. The number of nitrogens with zero attached hydrogens (tertiary/aromatic N) is 1. The fourth-order valence-electron chi connectivity index (χ4n) is 1.17. The second-order valence-corrected chi connectivity index (χ2v) is 4.54. The molecule has 0 rings (SSSR count). The SMILES string of the molecule is CN(CCO)C(=O)NCC(C)(C)CC(=O)O. The Hall–Kier alpha value is -1.30. The van der Waals surface area contributed by atoms with Crippen LogP contribution in [-0.2, 0) is 4.79 Å². The van der Waals surface area contributed by atoms with Gasteiger partial charge in [-0.05, 0) is 5.41 Å². The lowest BCUT2D eigenvalue weighted by molar-refractivity contribution is -0.139. The summed E-state index contributed by atoms with van der Waals surface area (Å²) >= 11 is 0. The van der Waals surface area contributed by atoms with E-state index in [0.29, 0.717) is 0 Å². The van der Waals surface area contributed by atoms with Crippen molar-refractivity contribution in [3.63, 3.8) is 0 Å². The lowest BCUT2D eigenvalue weighted by atomic mass is 9.89. The maximum absolute atomic E-state index is 11.4. The molecular weight excluding hydrogens is 212 g/mol. The van der Waals surface area contributed by atoms with Crippen LogP contribution < -0.4 is 5.32 Å². The molecule has 94 valence electrons. The number of rotatable bonds is 6. The molecule has 3 N–H and O–H groups in total. The number of carbonyl (C=O) groups is 2. The van der Waals surface area contributed by atoms with Crippen molar-refractivity contribution < 1.29 is 19.8 Å². The minimum absolute atomic E-state index is 0.00298. The second kappa shape index (κ2) is 6.32. The highest BCUT2D eigenvalue weighted by Gasteiger charge is 2.23. The van der Waals surface area contributed by atoms with Gasteiger partial charge in [-0.1, -0.05) is 13.8 Å². The van der Waals surface area contributed by atoms with Crippen LogP contribution in [0.3, 0.4) is 0 Å². The number of aliphatic hydroxyl groups excluding tert-OH is 1. The Bertz CT molecular complexity index is 253. The molecule has 0 heterocycles. The number of amides is 2. The number of hydrogen-bond donors (Lipinski definition) is 3. The topological polar surface area (TPSA) is 89.9 Å². The summed E-state index contributed by atoms with van der Waals surface area (Å²) in [4.78, 5) is 23.3. The number of aliphatic carboxylic acids is 1. The van der Waals surface area contributed by atoms with Crippen LogP contribution in [0, 0.1) is 5.41 Å². The summed E-state index contributed by atoms with van der Waals surface area (Å²) in [5, 5.41) is 19.9. The zero-order valence-electron chi connectivity index (χ0n) is 9.99. The average Bonchev–Trinajstić information content (AvgIpc) is 2.12. The summed E-state index contributed by atoms with van der Waals surface area (Å²) in [6.45, 7) is 3.99. The monoisotopic (exact) mass is 232 g/mol. The van der Waals surface area contributed by atoms with Crippen LogP contribution in [0.15, 0.2) is 0 Å². The maximum atomic E-state index is 11.4. The largest absolute Gasteiger partial charge is 0.481 e. The van der Waals surface area contributed by atoms with E-state index in [-0.39, 0.29) is 32.1 Å². The number of nitrogens with one attached hydrogen (secondary N) is 1. The number of aliphatic hydroxyl groups is 1. The van der Waals surface area contributed by atoms with Crippen molar-refractivity contribution in [3.8, 4) is 0 Å². The van der Waals surface area contributed by atoms with E-state index < -0.39 is 11.4 Å². The molecular formula is C10H20N2O4. The third-order valence-corrected chi connectivity index (χ3v) is 2.13. The number of likely N-dealkylation sites (N-methyl/N-ethyl adjacent to an activating group) is 1. The van der Waals surface area contributed by atoms with Gasteiger partial charge in [0.15, 0.2) is 0 Å². The van der Waals surface area contributed by atoms with Crippen LogP contribution in [0.5, 0.6) is 0 Å². The van der Waals surface area contributed by atoms with Crippen molar-refractivity contribution in [1.82, 2.24) is 10.2 Å². The Morgan fingerprint density at radius 3 is 2.38 bits per heavy atom. The quantitative estimate of drug-likeness (QED) is 0.607. The third-order valence-electron chi connectivity index (χ3n) is 2.13. The van der Waals surface area contributed by atoms with Gasteiger partial charge in [-0.15, -0.1) is 0 Å². The smallest absolute Gasteiger partial charge is 0.317 e. The van der Waals surface area contributed by atoms with Gasteiger partial charge in [0.05, 0.1) is 13.0 Å². The molecule has 0 fully saturated rings. The minimum atomic E-state index is -0.886. The Morgan fingerprint density at radius 2 is 1.94 bits per heavy atom. The van der Waals surface area contributed by atoms with Crippen molar-refractivity contribution in [2.24, 2.45) is 5.41 Å². The fourth-order valence-corrected chi connectivity index (χ4v) is 1.17. The molecule has 0 radical (unpaired) electrons. The maximum Gasteiger partial charge on any atom is 0.317 e. The molecule has 0 saturated heterocycles. The standard InChI is InChI=1S/C10H20N2O4/c1-10(2,6-8(14)15)7-11-9(16)12(3)4-5-13/h13H,4-7H2,1-3H3,(H,11,16)(H,14,15). The lowest BCUT2D eigenvalue weighted by Crippen LogP contribution is -2.43. The summed E-state index contributed by atoms with van der Waals surface area (Å²) in [5.74, 6) is -0.886. The van der Waals surface area contributed by atoms with E-state index in [2.05, 4.69) is 5.32 Å². The van der Waals surface area contributed by atoms with E-state index in [0.717, 1.165) is 0 Å². The molecule has 16 heavy (non-hydrogen) atoms. The molecule has 0 aliphatic rings. The van der Waals surface area contributed by atoms with Crippen LogP contribution in [0.25, 0.3) is 0 Å². The average molecular weight is 232 g/mol. The van der Waals surface area contributed by atoms with Gasteiger partial charge in [-0.25, -0.2) is 4.79 Å². The Balaban J connectivity index is 4.03. The second-order valence-electron chi connectivity index (χ2n) is 4.54. The van der Waals surface area contributed by atoms with Crippen LogP contribution in [-0.4, -0.2) is 53.9 Å². The molecule has 0 aromatic heterocycles. The minimum Gasteiger partial charge on any atom is -0.481 e. The first-order valence-corrected chi connectivity index (χ1v) is 5.10. The number of carbonyl (C=O) groups excluding carboxylic acids is 1. The molecule has 0 bridgehead atoms. The number of urea groups is 1. The zero-order chi connectivity index (χ0) is 12.8. The molecule has 0 aromatic rings. The molecule has 0 unspecified atom stereocenters. The molecule has 0 aliphatic carbocycles. The predicted molar refractivity (Wildman–Crippen MR) is 59.1 cm³/mol. The highest BCUT2D eigenvalue weighted by atomic mass is 16.4. The van der Waals surface area contributed by atoms with E-state index in [1.54, 1.807) is 20.9 Å². The van der Waals surface area contributed by atoms with Gasteiger partial charge in [0.25, 0.3) is 0 Å². The predicted octanol–water partition coefficient (Wildman–Crippen LogP) is 0.121.